The first-order chi connectivity index (χ1) is 9.51. The van der Waals surface area contributed by atoms with E-state index in [2.05, 4.69) is 9.80 Å². The highest BCUT2D eigenvalue weighted by atomic mass is 16.6. The summed E-state index contributed by atoms with van der Waals surface area (Å²) in [6, 6.07) is 0. The smallest absolute Gasteiger partial charge is 0.414 e. The van der Waals surface area contributed by atoms with Gasteiger partial charge in [-0.05, 0) is 42.0 Å². The molecule has 0 spiro atoms. The van der Waals surface area contributed by atoms with Crippen LogP contribution in [0.5, 0.6) is 0 Å². The Hall–Kier alpha value is -0.110. The van der Waals surface area contributed by atoms with Crippen LogP contribution in [-0.4, -0.2) is 91.5 Å². The van der Waals surface area contributed by atoms with Gasteiger partial charge in [0, 0.05) is 39.5 Å². The lowest BCUT2D eigenvalue weighted by molar-refractivity contribution is 0.159. The molecule has 6 nitrogen and oxygen atoms in total. The zero-order valence-corrected chi connectivity index (χ0v) is 13.9. The van der Waals surface area contributed by atoms with Gasteiger partial charge >= 0.3 is 14.0 Å². The highest BCUT2D eigenvalue weighted by Gasteiger charge is 2.38. The fourth-order valence-electron chi connectivity index (χ4n) is 1.44. The van der Waals surface area contributed by atoms with Gasteiger partial charge in [-0.2, -0.15) is 0 Å². The first-order valence-corrected chi connectivity index (χ1v) is 7.27. The van der Waals surface area contributed by atoms with Crippen molar-refractivity contribution in [2.24, 2.45) is 0 Å². The van der Waals surface area contributed by atoms with Crippen molar-refractivity contribution >= 4 is 14.0 Å². The molecule has 0 aliphatic heterocycles. The van der Waals surface area contributed by atoms with Crippen molar-refractivity contribution in [2.75, 3.05) is 67.7 Å². The molecule has 0 aromatic carbocycles. The van der Waals surface area contributed by atoms with Gasteiger partial charge in [-0.25, -0.2) is 0 Å². The second-order valence-corrected chi connectivity index (χ2v) is 5.00. The van der Waals surface area contributed by atoms with E-state index in [4.69, 9.17) is 18.6 Å². The van der Waals surface area contributed by atoms with E-state index in [0.29, 0.717) is 26.4 Å². The second-order valence-electron chi connectivity index (χ2n) is 5.00. The maximum absolute atomic E-state index is 5.74. The molecular formula is C12H30B2N2O4. The van der Waals surface area contributed by atoms with Crippen LogP contribution in [0.3, 0.4) is 0 Å². The Kier molecular flexibility index (Phi) is 12.5. The standard InChI is InChI=1S/C12H30B2N2O4/c1-7-17-13(19-11-9-15(3)4)14(18-8-2)20-12-10-16(5)6/h7-12H2,1-6H3. The molecule has 0 aliphatic rings. The minimum Gasteiger partial charge on any atom is -0.414 e. The minimum absolute atomic E-state index is 0.484. The quantitative estimate of drug-likeness (QED) is 0.453. The molecule has 0 saturated carbocycles. The maximum atomic E-state index is 5.74. The summed E-state index contributed by atoms with van der Waals surface area (Å²) in [6.07, 6.45) is 0. The summed E-state index contributed by atoms with van der Waals surface area (Å²) in [6.45, 7) is 7.83. The molecule has 8 heteroatoms. The topological polar surface area (TPSA) is 43.4 Å². The Balaban J connectivity index is 4.27. The van der Waals surface area contributed by atoms with E-state index < -0.39 is 14.0 Å². The number of nitrogens with zero attached hydrogens (tertiary/aromatic N) is 2. The lowest BCUT2D eigenvalue weighted by Crippen LogP contribution is -2.47. The van der Waals surface area contributed by atoms with Crippen molar-refractivity contribution in [1.29, 1.82) is 0 Å². The average Bonchev–Trinajstić information content (AvgIpc) is 2.36. The molecule has 0 fully saturated rings. The van der Waals surface area contributed by atoms with Crippen LogP contribution in [0.15, 0.2) is 0 Å². The van der Waals surface area contributed by atoms with Gasteiger partial charge in [-0.15, -0.1) is 0 Å². The Bertz CT molecular complexity index is 202. The van der Waals surface area contributed by atoms with Crippen LogP contribution in [0, 0.1) is 0 Å². The Labute approximate surface area is 124 Å². The average molecular weight is 288 g/mol. The Morgan fingerprint density at radius 3 is 1.25 bits per heavy atom. The largest absolute Gasteiger partial charge is 0.488 e. The lowest BCUT2D eigenvalue weighted by atomic mass is 9.48. The highest BCUT2D eigenvalue weighted by molar-refractivity contribution is 7.10. The van der Waals surface area contributed by atoms with Gasteiger partial charge < -0.3 is 28.4 Å². The Morgan fingerprint density at radius 2 is 1.00 bits per heavy atom. The molecule has 0 aromatic rings. The van der Waals surface area contributed by atoms with E-state index in [1.165, 1.54) is 0 Å². The number of rotatable bonds is 13. The van der Waals surface area contributed by atoms with E-state index in [1.807, 2.05) is 42.0 Å². The van der Waals surface area contributed by atoms with Gasteiger partial charge in [0.2, 0.25) is 0 Å². The van der Waals surface area contributed by atoms with E-state index >= 15 is 0 Å². The first kappa shape index (κ1) is 19.9. The third kappa shape index (κ3) is 10.7. The normalized spacial score (nSPS) is 11.4. The number of likely N-dealkylation sites (N-methyl/N-ethyl adjacent to an activating group) is 2. The molecule has 0 rings (SSSR count). The molecule has 20 heavy (non-hydrogen) atoms. The first-order valence-electron chi connectivity index (χ1n) is 7.27. The predicted octanol–water partition coefficient (Wildman–Crippen LogP) is 0.271. The SMILES string of the molecule is CCOB(OCCN(C)C)B(OCC)OCCN(C)C. The minimum atomic E-state index is -0.484. The van der Waals surface area contributed by atoms with Crippen molar-refractivity contribution in [1.82, 2.24) is 9.80 Å². The molecule has 0 radical (unpaired) electrons. The van der Waals surface area contributed by atoms with E-state index in [9.17, 15) is 0 Å². The molecule has 0 amide bonds. The van der Waals surface area contributed by atoms with Crippen LogP contribution in [0.1, 0.15) is 13.8 Å². The summed E-state index contributed by atoms with van der Waals surface area (Å²) in [5, 5.41) is 0. The molecule has 0 atom stereocenters. The van der Waals surface area contributed by atoms with Crippen LogP contribution in [0.4, 0.5) is 0 Å². The maximum Gasteiger partial charge on any atom is 0.488 e. The summed E-state index contributed by atoms with van der Waals surface area (Å²) in [5.41, 5.74) is 0. The van der Waals surface area contributed by atoms with Gasteiger partial charge in [0.05, 0.1) is 0 Å². The van der Waals surface area contributed by atoms with Crippen LogP contribution in [0.2, 0.25) is 0 Å². The number of hydrogen-bond acceptors (Lipinski definition) is 6. The van der Waals surface area contributed by atoms with Crippen molar-refractivity contribution in [2.45, 2.75) is 13.8 Å². The summed E-state index contributed by atoms with van der Waals surface area (Å²) in [5.74, 6) is 0. The zero-order chi connectivity index (χ0) is 15.4. The molecule has 0 aliphatic carbocycles. The van der Waals surface area contributed by atoms with Crippen LogP contribution < -0.4 is 0 Å². The van der Waals surface area contributed by atoms with E-state index in [1.54, 1.807) is 0 Å². The Morgan fingerprint density at radius 1 is 0.650 bits per heavy atom. The monoisotopic (exact) mass is 288 g/mol. The molecular weight excluding hydrogens is 258 g/mol. The second kappa shape index (κ2) is 12.6. The van der Waals surface area contributed by atoms with Crippen LogP contribution >= 0.6 is 0 Å². The van der Waals surface area contributed by atoms with Crippen LogP contribution in [-0.2, 0) is 18.6 Å². The lowest BCUT2D eigenvalue weighted by Gasteiger charge is -2.21. The van der Waals surface area contributed by atoms with E-state index in [0.717, 1.165) is 13.1 Å². The zero-order valence-electron chi connectivity index (χ0n) is 13.9. The van der Waals surface area contributed by atoms with Gasteiger partial charge in [0.1, 0.15) is 0 Å². The molecule has 0 bridgehead atoms. The van der Waals surface area contributed by atoms with Gasteiger partial charge in [-0.3, -0.25) is 0 Å². The third-order valence-electron chi connectivity index (χ3n) is 2.53. The summed E-state index contributed by atoms with van der Waals surface area (Å²) >= 11 is 0. The molecule has 118 valence electrons. The summed E-state index contributed by atoms with van der Waals surface area (Å²) < 4.78 is 22.7. The van der Waals surface area contributed by atoms with Crippen molar-refractivity contribution in [3.8, 4) is 0 Å². The fourth-order valence-corrected chi connectivity index (χ4v) is 1.44. The molecule has 0 saturated heterocycles. The molecule has 0 aromatic heterocycles. The fraction of sp³-hybridized carbons (Fsp3) is 1.00. The van der Waals surface area contributed by atoms with E-state index in [-0.39, 0.29) is 0 Å². The van der Waals surface area contributed by atoms with Crippen LogP contribution in [0.25, 0.3) is 0 Å². The molecule has 0 unspecified atom stereocenters. The van der Waals surface area contributed by atoms with Gasteiger partial charge in [0.15, 0.2) is 0 Å². The third-order valence-corrected chi connectivity index (χ3v) is 2.53. The summed E-state index contributed by atoms with van der Waals surface area (Å²) in [7, 11) is 7.06. The summed E-state index contributed by atoms with van der Waals surface area (Å²) in [4.78, 5) is 4.12. The molecule has 0 heterocycles. The van der Waals surface area contributed by atoms with Gasteiger partial charge in [-0.1, -0.05) is 0 Å². The predicted molar refractivity (Wildman–Crippen MR) is 83.8 cm³/mol. The van der Waals surface area contributed by atoms with Crippen molar-refractivity contribution in [3.05, 3.63) is 0 Å². The number of hydrogen-bond donors (Lipinski definition) is 0. The molecule has 0 N–H and O–H groups in total. The highest BCUT2D eigenvalue weighted by Crippen LogP contribution is 2.01. The van der Waals surface area contributed by atoms with Crippen molar-refractivity contribution in [3.63, 3.8) is 0 Å². The van der Waals surface area contributed by atoms with Crippen molar-refractivity contribution < 1.29 is 18.6 Å². The van der Waals surface area contributed by atoms with Gasteiger partial charge in [0.25, 0.3) is 0 Å².